The molecule has 0 saturated heterocycles. The summed E-state index contributed by atoms with van der Waals surface area (Å²) in [5, 5.41) is 13.3. The van der Waals surface area contributed by atoms with Crippen molar-refractivity contribution in [3.8, 4) is 23.0 Å². The molecule has 0 atom stereocenters. The number of aromatic nitrogens is 3. The van der Waals surface area contributed by atoms with Crippen molar-refractivity contribution < 1.29 is 14.4 Å². The topological polar surface area (TPSA) is 81.3 Å². The first kappa shape index (κ1) is 13.1. The molecule has 0 aliphatic heterocycles. The van der Waals surface area contributed by atoms with Crippen molar-refractivity contribution >= 4 is 0 Å². The highest BCUT2D eigenvalue weighted by atomic mass is 16.5. The van der Waals surface area contributed by atoms with Gasteiger partial charge in [0.1, 0.15) is 11.5 Å². The predicted molar refractivity (Wildman–Crippen MR) is 74.8 cm³/mol. The van der Waals surface area contributed by atoms with E-state index < -0.39 is 0 Å². The van der Waals surface area contributed by atoms with Crippen LogP contribution >= 0.6 is 0 Å². The Morgan fingerprint density at radius 1 is 1.14 bits per heavy atom. The molecule has 0 saturated carbocycles. The van der Waals surface area contributed by atoms with E-state index in [0.29, 0.717) is 30.3 Å². The van der Waals surface area contributed by atoms with Gasteiger partial charge in [0.15, 0.2) is 5.82 Å². The van der Waals surface area contributed by atoms with Gasteiger partial charge in [-0.05, 0) is 18.2 Å². The maximum Gasteiger partial charge on any atom is 0.259 e. The monoisotopic (exact) mass is 283 g/mol. The number of aromatic hydroxyl groups is 1. The zero-order valence-electron chi connectivity index (χ0n) is 11.1. The van der Waals surface area contributed by atoms with Crippen LogP contribution in [0.3, 0.4) is 0 Å². The second-order valence-electron chi connectivity index (χ2n) is 4.36. The normalized spacial score (nSPS) is 10.5. The average Bonchev–Trinajstić information content (AvgIpc) is 2.97. The van der Waals surface area contributed by atoms with Crippen LogP contribution in [-0.4, -0.2) is 26.8 Å². The molecular formula is C15H13N3O3. The summed E-state index contributed by atoms with van der Waals surface area (Å²) in [4.78, 5) is 8.11. The zero-order chi connectivity index (χ0) is 14.5. The van der Waals surface area contributed by atoms with Crippen molar-refractivity contribution in [1.82, 2.24) is 15.1 Å². The highest BCUT2D eigenvalue weighted by Crippen LogP contribution is 2.20. The van der Waals surface area contributed by atoms with Crippen molar-refractivity contribution in [3.63, 3.8) is 0 Å². The van der Waals surface area contributed by atoms with Crippen LogP contribution < -0.4 is 4.74 Å². The van der Waals surface area contributed by atoms with E-state index in [9.17, 15) is 5.11 Å². The number of pyridine rings is 1. The summed E-state index contributed by atoms with van der Waals surface area (Å²) in [5.41, 5.74) is 0.581. The van der Waals surface area contributed by atoms with Gasteiger partial charge in [0, 0.05) is 12.6 Å². The molecule has 0 unspecified atom stereocenters. The third kappa shape index (κ3) is 3.36. The second kappa shape index (κ2) is 6.04. The highest BCUT2D eigenvalue weighted by molar-refractivity contribution is 5.53. The molecule has 21 heavy (non-hydrogen) atoms. The maximum atomic E-state index is 9.38. The molecule has 1 N–H and O–H groups in total. The Morgan fingerprint density at radius 2 is 2.00 bits per heavy atom. The Kier molecular flexibility index (Phi) is 3.77. The van der Waals surface area contributed by atoms with E-state index in [1.165, 1.54) is 12.3 Å². The molecule has 0 fully saturated rings. The lowest BCUT2D eigenvalue weighted by Crippen LogP contribution is -2.02. The van der Waals surface area contributed by atoms with Crippen LogP contribution in [0.4, 0.5) is 0 Å². The number of nitrogens with zero attached hydrogens (tertiary/aromatic N) is 3. The minimum absolute atomic E-state index is 0.0552. The molecule has 0 radical (unpaired) electrons. The molecule has 6 heteroatoms. The van der Waals surface area contributed by atoms with E-state index in [0.717, 1.165) is 5.75 Å². The van der Waals surface area contributed by atoms with Crippen molar-refractivity contribution in [1.29, 1.82) is 0 Å². The Bertz CT molecular complexity index is 713. The molecule has 106 valence electrons. The lowest BCUT2D eigenvalue weighted by molar-refractivity contribution is 0.315. The predicted octanol–water partition coefficient (Wildman–Crippen LogP) is 2.46. The Morgan fingerprint density at radius 3 is 2.81 bits per heavy atom. The van der Waals surface area contributed by atoms with E-state index in [-0.39, 0.29) is 5.75 Å². The summed E-state index contributed by atoms with van der Waals surface area (Å²) in [7, 11) is 0. The number of rotatable bonds is 5. The molecule has 0 amide bonds. The molecule has 2 heterocycles. The van der Waals surface area contributed by atoms with E-state index in [2.05, 4.69) is 15.1 Å². The molecule has 0 spiro atoms. The van der Waals surface area contributed by atoms with Gasteiger partial charge in [0.05, 0.1) is 18.4 Å². The molecule has 0 bridgehead atoms. The van der Waals surface area contributed by atoms with Gasteiger partial charge in [-0.25, -0.2) is 0 Å². The molecular weight excluding hydrogens is 270 g/mol. The summed E-state index contributed by atoms with van der Waals surface area (Å²) in [6, 6.07) is 11.1. The van der Waals surface area contributed by atoms with Crippen LogP contribution in [0.15, 0.2) is 53.3 Å². The van der Waals surface area contributed by atoms with Crippen molar-refractivity contribution in [2.24, 2.45) is 0 Å². The summed E-state index contributed by atoms with van der Waals surface area (Å²) in [6.07, 6.45) is 3.43. The van der Waals surface area contributed by atoms with Crippen molar-refractivity contribution in [3.05, 3.63) is 54.6 Å². The van der Waals surface area contributed by atoms with Crippen LogP contribution in [0.1, 0.15) is 5.82 Å². The van der Waals surface area contributed by atoms with E-state index in [1.54, 1.807) is 6.20 Å². The minimum atomic E-state index is 0.0552. The van der Waals surface area contributed by atoms with Gasteiger partial charge in [-0.3, -0.25) is 4.98 Å². The maximum absolute atomic E-state index is 9.38. The first-order chi connectivity index (χ1) is 10.3. The quantitative estimate of drug-likeness (QED) is 0.774. The van der Waals surface area contributed by atoms with E-state index >= 15 is 0 Å². The van der Waals surface area contributed by atoms with Gasteiger partial charge in [0.25, 0.3) is 5.89 Å². The Labute approximate surface area is 121 Å². The third-order valence-electron chi connectivity index (χ3n) is 2.78. The smallest absolute Gasteiger partial charge is 0.259 e. The van der Waals surface area contributed by atoms with E-state index in [4.69, 9.17) is 9.26 Å². The average molecular weight is 283 g/mol. The largest absolute Gasteiger partial charge is 0.506 e. The summed E-state index contributed by atoms with van der Waals surface area (Å²) in [6.45, 7) is 0.460. The minimum Gasteiger partial charge on any atom is -0.506 e. The number of benzene rings is 1. The SMILES string of the molecule is Oc1cncc(-c2nc(CCOc3ccccc3)no2)c1. The third-order valence-corrected chi connectivity index (χ3v) is 2.78. The lowest BCUT2D eigenvalue weighted by atomic mass is 10.3. The van der Waals surface area contributed by atoms with Crippen molar-refractivity contribution in [2.45, 2.75) is 6.42 Å². The zero-order valence-corrected chi connectivity index (χ0v) is 11.1. The molecule has 0 aliphatic carbocycles. The summed E-state index contributed by atoms with van der Waals surface area (Å²) in [5.74, 6) is 1.73. The van der Waals surface area contributed by atoms with Crippen LogP contribution in [-0.2, 0) is 6.42 Å². The highest BCUT2D eigenvalue weighted by Gasteiger charge is 2.09. The summed E-state index contributed by atoms with van der Waals surface area (Å²) >= 11 is 0. The van der Waals surface area contributed by atoms with Crippen LogP contribution in [0.5, 0.6) is 11.5 Å². The van der Waals surface area contributed by atoms with Gasteiger partial charge in [-0.1, -0.05) is 23.4 Å². The van der Waals surface area contributed by atoms with Gasteiger partial charge >= 0.3 is 0 Å². The van der Waals surface area contributed by atoms with Gasteiger partial charge in [0.2, 0.25) is 0 Å². The molecule has 0 aliphatic rings. The standard InChI is InChI=1S/C15H13N3O3/c19-12-8-11(9-16-10-12)15-17-14(18-21-15)6-7-20-13-4-2-1-3-5-13/h1-5,8-10,19H,6-7H2. The first-order valence-electron chi connectivity index (χ1n) is 6.46. The fourth-order valence-corrected chi connectivity index (χ4v) is 1.79. The molecule has 3 aromatic rings. The first-order valence-corrected chi connectivity index (χ1v) is 6.46. The van der Waals surface area contributed by atoms with E-state index in [1.807, 2.05) is 30.3 Å². The second-order valence-corrected chi connectivity index (χ2v) is 4.36. The van der Waals surface area contributed by atoms with Crippen LogP contribution in [0, 0.1) is 0 Å². The number of hydrogen-bond donors (Lipinski definition) is 1. The Hall–Kier alpha value is -2.89. The molecule has 1 aromatic carbocycles. The molecule has 6 nitrogen and oxygen atoms in total. The fraction of sp³-hybridized carbons (Fsp3) is 0.133. The Balaban J connectivity index is 1.60. The number of hydrogen-bond acceptors (Lipinski definition) is 6. The lowest BCUT2D eigenvalue weighted by Gasteiger charge is -2.02. The van der Waals surface area contributed by atoms with Gasteiger partial charge < -0.3 is 14.4 Å². The number of para-hydroxylation sites is 1. The van der Waals surface area contributed by atoms with Crippen LogP contribution in [0.2, 0.25) is 0 Å². The van der Waals surface area contributed by atoms with Crippen molar-refractivity contribution in [2.75, 3.05) is 6.61 Å². The molecule has 2 aromatic heterocycles. The fourth-order valence-electron chi connectivity index (χ4n) is 1.79. The van der Waals surface area contributed by atoms with Gasteiger partial charge in [-0.2, -0.15) is 4.98 Å². The van der Waals surface area contributed by atoms with Gasteiger partial charge in [-0.15, -0.1) is 0 Å². The number of ether oxygens (including phenoxy) is 1. The summed E-state index contributed by atoms with van der Waals surface area (Å²) < 4.78 is 10.7. The molecule has 3 rings (SSSR count). The van der Waals surface area contributed by atoms with Crippen LogP contribution in [0.25, 0.3) is 11.5 Å².